The van der Waals surface area contributed by atoms with Gasteiger partial charge < -0.3 is 10.2 Å². The molecule has 7 heteroatoms. The molecule has 0 spiro atoms. The van der Waals surface area contributed by atoms with Gasteiger partial charge >= 0.3 is 6.18 Å². The van der Waals surface area contributed by atoms with Crippen molar-refractivity contribution >= 4 is 11.6 Å². The van der Waals surface area contributed by atoms with E-state index in [2.05, 4.69) is 55.3 Å². The first-order valence-corrected chi connectivity index (χ1v) is 14.6. The number of amides is 1. The molecule has 1 amide bonds. The fourth-order valence-electron chi connectivity index (χ4n) is 7.80. The van der Waals surface area contributed by atoms with Gasteiger partial charge in [-0.3, -0.25) is 9.69 Å². The monoisotopic (exact) mass is 539 g/mol. The third-order valence-electron chi connectivity index (χ3n) is 10.3. The molecule has 2 aromatic carbocycles. The van der Waals surface area contributed by atoms with E-state index in [9.17, 15) is 18.0 Å². The first kappa shape index (κ1) is 26.7. The van der Waals surface area contributed by atoms with Gasteiger partial charge in [0.05, 0.1) is 11.0 Å². The number of para-hydroxylation sites is 1. The van der Waals surface area contributed by atoms with Gasteiger partial charge in [0.2, 0.25) is 5.91 Å². The van der Waals surface area contributed by atoms with Crippen LogP contribution in [0.1, 0.15) is 61.8 Å². The number of nitrogens with zero attached hydrogens (tertiary/aromatic N) is 2. The van der Waals surface area contributed by atoms with Crippen LogP contribution in [0.3, 0.4) is 0 Å². The number of rotatable bonds is 6. The molecule has 2 aliphatic carbocycles. The summed E-state index contributed by atoms with van der Waals surface area (Å²) in [5, 5.41) is 3.71. The molecule has 2 saturated carbocycles. The number of carbonyl (C=O) groups is 1. The van der Waals surface area contributed by atoms with Crippen LogP contribution in [0.25, 0.3) is 0 Å². The van der Waals surface area contributed by atoms with E-state index >= 15 is 0 Å². The highest BCUT2D eigenvalue weighted by atomic mass is 19.4. The highest BCUT2D eigenvalue weighted by molar-refractivity contribution is 5.84. The van der Waals surface area contributed by atoms with E-state index in [-0.39, 0.29) is 18.4 Å². The van der Waals surface area contributed by atoms with Gasteiger partial charge in [0.1, 0.15) is 0 Å². The zero-order valence-electron chi connectivity index (χ0n) is 23.2. The minimum absolute atomic E-state index is 0.141. The van der Waals surface area contributed by atoms with E-state index in [1.54, 1.807) is 6.07 Å². The molecule has 1 N–H and O–H groups in total. The summed E-state index contributed by atoms with van der Waals surface area (Å²) in [4.78, 5) is 18.7. The van der Waals surface area contributed by atoms with Crippen LogP contribution in [0, 0.1) is 30.1 Å². The maximum Gasteiger partial charge on any atom is 0.416 e. The number of halogens is 3. The fourth-order valence-corrected chi connectivity index (χ4v) is 7.80. The minimum Gasteiger partial charge on any atom is -0.383 e. The molecule has 210 valence electrons. The standard InChI is InChI=1S/C32H40F3N3O/c1-20(2)31(30(39)37-13-11-22-8-9-25(32(33,34)35)14-23(22)18-37)12-10-26(16-31)38-19-24-15-27(24)29(38)17-36-28-7-5-4-6-21(28)3/h4-9,14,20,24,26-27,29,36H,10-13,15-19H2,1-3H3. The Labute approximate surface area is 229 Å². The van der Waals surface area contributed by atoms with Crippen molar-refractivity contribution in [3.63, 3.8) is 0 Å². The van der Waals surface area contributed by atoms with Crippen LogP contribution in [0.5, 0.6) is 0 Å². The SMILES string of the molecule is Cc1ccccc1NCC1C2CC2CN1C1CCC(C(=O)N2CCc3ccc(C(F)(F)F)cc3C2)(C(C)C)C1. The normalized spacial score (nSPS) is 30.4. The summed E-state index contributed by atoms with van der Waals surface area (Å²) >= 11 is 0. The molecule has 6 rings (SSSR count). The summed E-state index contributed by atoms with van der Waals surface area (Å²) in [5.41, 5.74) is 2.93. The van der Waals surface area contributed by atoms with E-state index in [1.165, 1.54) is 29.8 Å². The van der Waals surface area contributed by atoms with Gasteiger partial charge in [-0.1, -0.05) is 38.1 Å². The molecule has 5 atom stereocenters. The maximum absolute atomic E-state index is 14.2. The quantitative estimate of drug-likeness (QED) is 0.454. The Morgan fingerprint density at radius 1 is 1.15 bits per heavy atom. The van der Waals surface area contributed by atoms with Gasteiger partial charge in [-0.2, -0.15) is 13.2 Å². The summed E-state index contributed by atoms with van der Waals surface area (Å²) in [5.74, 6) is 1.84. The molecular weight excluding hydrogens is 499 g/mol. The van der Waals surface area contributed by atoms with Crippen molar-refractivity contribution in [3.05, 3.63) is 64.7 Å². The van der Waals surface area contributed by atoms with Gasteiger partial charge in [-0.15, -0.1) is 0 Å². The Balaban J connectivity index is 1.17. The smallest absolute Gasteiger partial charge is 0.383 e. The number of hydrogen-bond acceptors (Lipinski definition) is 3. The average molecular weight is 540 g/mol. The fraction of sp³-hybridized carbons (Fsp3) is 0.594. The molecule has 4 aliphatic rings. The Bertz CT molecular complexity index is 1240. The summed E-state index contributed by atoms with van der Waals surface area (Å²) < 4.78 is 40.1. The van der Waals surface area contributed by atoms with Crippen molar-refractivity contribution in [2.45, 2.75) is 77.7 Å². The lowest BCUT2D eigenvalue weighted by Gasteiger charge is -2.41. The lowest BCUT2D eigenvalue weighted by molar-refractivity contribution is -0.146. The molecule has 1 saturated heterocycles. The third kappa shape index (κ3) is 4.85. The number of carbonyl (C=O) groups excluding carboxylic acids is 1. The van der Waals surface area contributed by atoms with Gasteiger partial charge in [0.15, 0.2) is 0 Å². The van der Waals surface area contributed by atoms with E-state index < -0.39 is 17.2 Å². The molecular formula is C32H40F3N3O. The van der Waals surface area contributed by atoms with E-state index in [4.69, 9.17) is 0 Å². The molecule has 5 unspecified atom stereocenters. The molecule has 39 heavy (non-hydrogen) atoms. The zero-order chi connectivity index (χ0) is 27.5. The predicted molar refractivity (Wildman–Crippen MR) is 147 cm³/mol. The summed E-state index contributed by atoms with van der Waals surface area (Å²) in [6.07, 6.45) is 0.246. The maximum atomic E-state index is 14.2. The number of fused-ring (bicyclic) bond motifs is 2. The topological polar surface area (TPSA) is 35.6 Å². The van der Waals surface area contributed by atoms with Gasteiger partial charge in [0.25, 0.3) is 0 Å². The number of benzene rings is 2. The number of nitrogens with one attached hydrogen (secondary N) is 1. The summed E-state index contributed by atoms with van der Waals surface area (Å²) in [7, 11) is 0. The zero-order valence-corrected chi connectivity index (χ0v) is 23.2. The molecule has 4 nitrogen and oxygen atoms in total. The van der Waals surface area contributed by atoms with Crippen LogP contribution in [-0.2, 0) is 23.9 Å². The first-order chi connectivity index (χ1) is 18.6. The number of alkyl halides is 3. The van der Waals surface area contributed by atoms with Crippen molar-refractivity contribution in [1.29, 1.82) is 0 Å². The van der Waals surface area contributed by atoms with Crippen molar-refractivity contribution in [2.75, 3.05) is 25.0 Å². The lowest BCUT2D eigenvalue weighted by Crippen LogP contribution is -2.49. The number of aryl methyl sites for hydroxylation is 1. The Morgan fingerprint density at radius 2 is 1.95 bits per heavy atom. The first-order valence-electron chi connectivity index (χ1n) is 14.6. The molecule has 2 aliphatic heterocycles. The predicted octanol–water partition coefficient (Wildman–Crippen LogP) is 6.53. The van der Waals surface area contributed by atoms with E-state index in [0.29, 0.717) is 30.6 Å². The average Bonchev–Trinajstić information content (AvgIpc) is 3.36. The van der Waals surface area contributed by atoms with Crippen molar-refractivity contribution < 1.29 is 18.0 Å². The molecule has 0 bridgehead atoms. The summed E-state index contributed by atoms with van der Waals surface area (Å²) in [6, 6.07) is 13.3. The van der Waals surface area contributed by atoms with Crippen LogP contribution in [0.15, 0.2) is 42.5 Å². The third-order valence-corrected chi connectivity index (χ3v) is 10.3. The van der Waals surface area contributed by atoms with Crippen molar-refractivity contribution in [3.8, 4) is 0 Å². The lowest BCUT2D eigenvalue weighted by atomic mass is 9.73. The van der Waals surface area contributed by atoms with Gasteiger partial charge in [-0.25, -0.2) is 0 Å². The van der Waals surface area contributed by atoms with Crippen LogP contribution in [0.4, 0.5) is 18.9 Å². The molecule has 0 aromatic heterocycles. The Hall–Kier alpha value is -2.54. The van der Waals surface area contributed by atoms with Crippen molar-refractivity contribution in [1.82, 2.24) is 9.80 Å². The second kappa shape index (κ2) is 9.83. The number of hydrogen-bond donors (Lipinski definition) is 1. The largest absolute Gasteiger partial charge is 0.416 e. The van der Waals surface area contributed by atoms with E-state index in [0.717, 1.165) is 49.8 Å². The molecule has 2 aromatic rings. The van der Waals surface area contributed by atoms with Crippen LogP contribution >= 0.6 is 0 Å². The van der Waals surface area contributed by atoms with E-state index in [1.807, 2.05) is 4.90 Å². The minimum atomic E-state index is -4.37. The second-order valence-electron chi connectivity index (χ2n) is 12.8. The van der Waals surface area contributed by atoms with Crippen LogP contribution in [-0.4, -0.2) is 47.4 Å². The highest BCUT2D eigenvalue weighted by Crippen LogP contribution is 2.55. The number of piperidine rings is 1. The van der Waals surface area contributed by atoms with Crippen LogP contribution in [0.2, 0.25) is 0 Å². The second-order valence-corrected chi connectivity index (χ2v) is 12.8. The van der Waals surface area contributed by atoms with Gasteiger partial charge in [-0.05, 0) is 91.7 Å². The Morgan fingerprint density at radius 3 is 2.69 bits per heavy atom. The highest BCUT2D eigenvalue weighted by Gasteiger charge is 2.57. The number of likely N-dealkylation sites (tertiary alicyclic amines) is 1. The van der Waals surface area contributed by atoms with Crippen molar-refractivity contribution in [2.24, 2.45) is 23.2 Å². The molecule has 3 fully saturated rings. The number of anilines is 1. The molecule has 0 radical (unpaired) electrons. The van der Waals surface area contributed by atoms with Crippen LogP contribution < -0.4 is 5.32 Å². The Kier molecular flexibility index (Phi) is 6.72. The summed E-state index contributed by atoms with van der Waals surface area (Å²) in [6.45, 7) is 9.33. The molecule has 2 heterocycles. The van der Waals surface area contributed by atoms with Gasteiger partial charge in [0, 0.05) is 44.0 Å².